The number of benzene rings is 3. The molecule has 0 fully saturated rings. The minimum Gasteiger partial charge on any atom is -0.376 e. The highest BCUT2D eigenvalue weighted by Crippen LogP contribution is 2.26. The number of carbonyl (C=O) groups excluding carboxylic acids is 2. The summed E-state index contributed by atoms with van der Waals surface area (Å²) in [4.78, 5) is 25.2. The minimum absolute atomic E-state index is 0.138. The fraction of sp³-hybridized carbons (Fsp3) is 0.308. The zero-order valence-corrected chi connectivity index (χ0v) is 18.9. The molecule has 3 rings (SSSR count). The lowest BCUT2D eigenvalue weighted by atomic mass is 9.99. The number of anilines is 1. The minimum atomic E-state index is -0.322. The molecule has 0 heterocycles. The van der Waals surface area contributed by atoms with E-state index in [1.54, 1.807) is 18.2 Å². The van der Waals surface area contributed by atoms with E-state index in [2.05, 4.69) is 42.7 Å². The van der Waals surface area contributed by atoms with Gasteiger partial charge in [-0.25, -0.2) is 0 Å². The van der Waals surface area contributed by atoms with Gasteiger partial charge >= 0.3 is 0 Å². The number of hydrogen-bond acceptors (Lipinski definition) is 4. The summed E-state index contributed by atoms with van der Waals surface area (Å²) in [6.07, 6.45) is 0. The number of nitrogens with one attached hydrogen (secondary N) is 2. The van der Waals surface area contributed by atoms with Crippen LogP contribution in [0.1, 0.15) is 48.3 Å². The topological polar surface area (TPSA) is 93.4 Å². The molecule has 32 heavy (non-hydrogen) atoms. The number of carbonyl (C=O) groups is 2. The van der Waals surface area contributed by atoms with Gasteiger partial charge in [-0.3, -0.25) is 9.59 Å². The third-order valence-electron chi connectivity index (χ3n) is 5.22. The van der Waals surface area contributed by atoms with E-state index in [1.807, 2.05) is 31.2 Å². The Bertz CT molecular complexity index is 1090. The Labute approximate surface area is 189 Å². The van der Waals surface area contributed by atoms with Crippen LogP contribution >= 0.6 is 0 Å². The summed E-state index contributed by atoms with van der Waals surface area (Å²) in [5.74, 6) is -0.196. The fourth-order valence-corrected chi connectivity index (χ4v) is 3.65. The van der Waals surface area contributed by atoms with Crippen LogP contribution in [0.15, 0.2) is 60.7 Å². The summed E-state index contributed by atoms with van der Waals surface area (Å²) in [6, 6.07) is 19.2. The zero-order valence-electron chi connectivity index (χ0n) is 18.9. The number of ether oxygens (including phenoxy) is 1. The van der Waals surface area contributed by atoms with E-state index in [-0.39, 0.29) is 31.0 Å². The maximum atomic E-state index is 13.3. The van der Waals surface area contributed by atoms with Crippen molar-refractivity contribution in [2.45, 2.75) is 33.4 Å². The lowest BCUT2D eigenvalue weighted by Gasteiger charge is -2.20. The van der Waals surface area contributed by atoms with Crippen molar-refractivity contribution < 1.29 is 14.3 Å². The van der Waals surface area contributed by atoms with Crippen molar-refractivity contribution in [3.05, 3.63) is 77.4 Å². The quantitative estimate of drug-likeness (QED) is 0.466. The molecule has 3 aromatic carbocycles. The second kappa shape index (κ2) is 10.9. The molecule has 0 aromatic heterocycles. The highest BCUT2D eigenvalue weighted by atomic mass is 16.5. The van der Waals surface area contributed by atoms with Crippen molar-refractivity contribution in [3.8, 4) is 0 Å². The Balaban J connectivity index is 1.88. The molecular weight excluding hydrogens is 402 g/mol. The van der Waals surface area contributed by atoms with Crippen molar-refractivity contribution in [1.29, 1.82) is 0 Å². The molecule has 0 bridgehead atoms. The maximum Gasteiger partial charge on any atom is 0.252 e. The summed E-state index contributed by atoms with van der Waals surface area (Å²) in [6.45, 7) is 6.70. The van der Waals surface area contributed by atoms with Gasteiger partial charge in [-0.1, -0.05) is 62.4 Å². The monoisotopic (exact) mass is 433 g/mol. The molecule has 4 N–H and O–H groups in total. The van der Waals surface area contributed by atoms with E-state index in [9.17, 15) is 9.59 Å². The third kappa shape index (κ3) is 5.72. The SMILES string of the molecule is CC(C)COCc1c(NC(=O)CN)cccc1C(=O)N[C@H](C)c1cccc2ccccc12. The summed E-state index contributed by atoms with van der Waals surface area (Å²) in [7, 11) is 0. The average Bonchev–Trinajstić information content (AvgIpc) is 2.79. The average molecular weight is 434 g/mol. The Kier molecular flexibility index (Phi) is 7.98. The first-order chi connectivity index (χ1) is 15.4. The van der Waals surface area contributed by atoms with Crippen LogP contribution in [0.4, 0.5) is 5.69 Å². The maximum absolute atomic E-state index is 13.3. The van der Waals surface area contributed by atoms with Crippen LogP contribution in [0.25, 0.3) is 10.8 Å². The molecule has 168 valence electrons. The number of fused-ring (bicyclic) bond motifs is 1. The number of hydrogen-bond donors (Lipinski definition) is 3. The zero-order chi connectivity index (χ0) is 23.1. The fourth-order valence-electron chi connectivity index (χ4n) is 3.65. The van der Waals surface area contributed by atoms with Crippen molar-refractivity contribution >= 4 is 28.3 Å². The molecule has 0 aliphatic carbocycles. The van der Waals surface area contributed by atoms with Gasteiger partial charge < -0.3 is 21.1 Å². The molecule has 0 aliphatic rings. The predicted molar refractivity (Wildman–Crippen MR) is 128 cm³/mol. The van der Waals surface area contributed by atoms with Gasteiger partial charge in [-0.2, -0.15) is 0 Å². The first-order valence-electron chi connectivity index (χ1n) is 10.9. The van der Waals surface area contributed by atoms with Gasteiger partial charge in [0, 0.05) is 23.4 Å². The predicted octanol–water partition coefficient (Wildman–Crippen LogP) is 4.40. The van der Waals surface area contributed by atoms with Gasteiger partial charge in [-0.15, -0.1) is 0 Å². The number of nitrogens with two attached hydrogens (primary N) is 1. The molecule has 0 saturated heterocycles. The molecule has 2 amide bonds. The molecular formula is C26H31N3O3. The van der Waals surface area contributed by atoms with E-state index in [4.69, 9.17) is 10.5 Å². The lowest BCUT2D eigenvalue weighted by molar-refractivity contribution is -0.114. The normalized spacial score (nSPS) is 12.0. The van der Waals surface area contributed by atoms with Crippen molar-refractivity contribution in [1.82, 2.24) is 5.32 Å². The van der Waals surface area contributed by atoms with Gasteiger partial charge in [0.15, 0.2) is 0 Å². The van der Waals surface area contributed by atoms with E-state index < -0.39 is 0 Å². The number of amides is 2. The second-order valence-corrected chi connectivity index (χ2v) is 8.26. The van der Waals surface area contributed by atoms with E-state index in [0.29, 0.717) is 29.3 Å². The molecule has 3 aromatic rings. The van der Waals surface area contributed by atoms with Crippen LogP contribution < -0.4 is 16.4 Å². The molecule has 6 heteroatoms. The van der Waals surface area contributed by atoms with Crippen LogP contribution in [0.2, 0.25) is 0 Å². The lowest BCUT2D eigenvalue weighted by Crippen LogP contribution is -2.29. The van der Waals surface area contributed by atoms with Crippen LogP contribution in [-0.2, 0) is 16.1 Å². The van der Waals surface area contributed by atoms with Crippen LogP contribution in [0.3, 0.4) is 0 Å². The molecule has 0 radical (unpaired) electrons. The van der Waals surface area contributed by atoms with E-state index in [1.165, 1.54) is 0 Å². The van der Waals surface area contributed by atoms with E-state index >= 15 is 0 Å². The standard InChI is InChI=1S/C26H31N3O3/c1-17(2)15-32-16-23-22(12-7-13-24(23)29-25(30)14-27)26(31)28-18(3)20-11-6-9-19-8-4-5-10-21(19)20/h4-13,17-18H,14-16,27H2,1-3H3,(H,28,31)(H,29,30)/t18-/m1/s1. The Morgan fingerprint density at radius 2 is 1.69 bits per heavy atom. The first kappa shape index (κ1) is 23.4. The summed E-state index contributed by atoms with van der Waals surface area (Å²) in [5.41, 5.74) is 8.15. The van der Waals surface area contributed by atoms with Gasteiger partial charge in [0.1, 0.15) is 0 Å². The van der Waals surface area contributed by atoms with Gasteiger partial charge in [0.2, 0.25) is 5.91 Å². The summed E-state index contributed by atoms with van der Waals surface area (Å²) < 4.78 is 5.81. The third-order valence-corrected chi connectivity index (χ3v) is 5.22. The summed E-state index contributed by atoms with van der Waals surface area (Å²) in [5, 5.41) is 8.11. The number of rotatable bonds is 9. The van der Waals surface area contributed by atoms with Crippen molar-refractivity contribution in [3.63, 3.8) is 0 Å². The highest BCUT2D eigenvalue weighted by Gasteiger charge is 2.19. The summed E-state index contributed by atoms with van der Waals surface area (Å²) >= 11 is 0. The van der Waals surface area contributed by atoms with Crippen molar-refractivity contribution in [2.24, 2.45) is 11.7 Å². The molecule has 0 unspecified atom stereocenters. The van der Waals surface area contributed by atoms with Gasteiger partial charge in [0.05, 0.1) is 19.2 Å². The van der Waals surface area contributed by atoms with Crippen LogP contribution in [-0.4, -0.2) is 25.0 Å². The molecule has 1 atom stereocenters. The molecule has 6 nitrogen and oxygen atoms in total. The Hall–Kier alpha value is -3.22. The largest absolute Gasteiger partial charge is 0.376 e. The first-order valence-corrected chi connectivity index (χ1v) is 10.9. The van der Waals surface area contributed by atoms with Crippen molar-refractivity contribution in [2.75, 3.05) is 18.5 Å². The van der Waals surface area contributed by atoms with Gasteiger partial charge in [0.25, 0.3) is 5.91 Å². The van der Waals surface area contributed by atoms with E-state index in [0.717, 1.165) is 16.3 Å². The Morgan fingerprint density at radius 1 is 0.969 bits per heavy atom. The Morgan fingerprint density at radius 3 is 2.44 bits per heavy atom. The van der Waals surface area contributed by atoms with Crippen LogP contribution in [0, 0.1) is 5.92 Å². The highest BCUT2D eigenvalue weighted by molar-refractivity contribution is 6.00. The van der Waals surface area contributed by atoms with Crippen LogP contribution in [0.5, 0.6) is 0 Å². The molecule has 0 spiro atoms. The molecule has 0 aliphatic heterocycles. The smallest absolute Gasteiger partial charge is 0.252 e. The second-order valence-electron chi connectivity index (χ2n) is 8.26. The van der Waals surface area contributed by atoms with Gasteiger partial charge in [-0.05, 0) is 41.3 Å². The molecule has 0 saturated carbocycles.